The number of nitrogens with one attached hydrogen (secondary N) is 2. The Morgan fingerprint density at radius 3 is 2.58 bits per heavy atom. The zero-order chi connectivity index (χ0) is 25.8. The number of halogens is 2. The Bertz CT molecular complexity index is 1330. The summed E-state index contributed by atoms with van der Waals surface area (Å²) in [5, 5.41) is 6.27. The van der Waals surface area contributed by atoms with E-state index in [2.05, 4.69) is 26.6 Å². The molecule has 0 aliphatic carbocycles. The van der Waals surface area contributed by atoms with Gasteiger partial charge < -0.3 is 15.4 Å². The third-order valence-corrected chi connectivity index (χ3v) is 6.69. The van der Waals surface area contributed by atoms with Crippen LogP contribution in [0, 0.1) is 6.92 Å². The number of carbonyl (C=O) groups is 3. The second kappa shape index (κ2) is 11.2. The van der Waals surface area contributed by atoms with E-state index < -0.39 is 12.1 Å². The highest BCUT2D eigenvalue weighted by Crippen LogP contribution is 2.29. The van der Waals surface area contributed by atoms with Crippen molar-refractivity contribution in [2.45, 2.75) is 26.5 Å². The SMILES string of the molecule is Cc1ccccc1C(=O)c1ccc(Nc2ccc(Br)cc2COCCN2C(=O)NC(C)C2=O)cc1Cl. The number of anilines is 2. The van der Waals surface area contributed by atoms with E-state index in [-0.39, 0.29) is 31.4 Å². The van der Waals surface area contributed by atoms with Gasteiger partial charge in [0.1, 0.15) is 6.04 Å². The van der Waals surface area contributed by atoms with Crippen LogP contribution < -0.4 is 10.6 Å². The lowest BCUT2D eigenvalue weighted by atomic mass is 9.99. The van der Waals surface area contributed by atoms with Gasteiger partial charge in [0.2, 0.25) is 0 Å². The first-order valence-corrected chi connectivity index (χ1v) is 12.6. The average Bonchev–Trinajstić information content (AvgIpc) is 3.09. The van der Waals surface area contributed by atoms with Crippen LogP contribution in [-0.4, -0.2) is 41.8 Å². The molecule has 3 aromatic rings. The molecule has 7 nitrogen and oxygen atoms in total. The molecule has 0 aromatic heterocycles. The van der Waals surface area contributed by atoms with Crippen LogP contribution in [-0.2, 0) is 16.1 Å². The van der Waals surface area contributed by atoms with Crippen LogP contribution in [0.15, 0.2) is 65.1 Å². The van der Waals surface area contributed by atoms with Gasteiger partial charge in [0, 0.05) is 32.5 Å². The highest BCUT2D eigenvalue weighted by atomic mass is 79.9. The van der Waals surface area contributed by atoms with Gasteiger partial charge in [0.15, 0.2) is 5.78 Å². The normalized spacial score (nSPS) is 15.2. The first kappa shape index (κ1) is 25.9. The van der Waals surface area contributed by atoms with Crippen LogP contribution in [0.4, 0.5) is 16.2 Å². The quantitative estimate of drug-likeness (QED) is 0.192. The van der Waals surface area contributed by atoms with E-state index in [1.54, 1.807) is 25.1 Å². The van der Waals surface area contributed by atoms with Crippen molar-refractivity contribution in [3.05, 3.63) is 92.4 Å². The van der Waals surface area contributed by atoms with Crippen LogP contribution >= 0.6 is 27.5 Å². The number of rotatable bonds is 9. The molecular formula is C27H25BrClN3O4. The Kier molecular flexibility index (Phi) is 8.08. The van der Waals surface area contributed by atoms with Crippen molar-refractivity contribution in [3.63, 3.8) is 0 Å². The smallest absolute Gasteiger partial charge is 0.324 e. The van der Waals surface area contributed by atoms with E-state index >= 15 is 0 Å². The molecule has 4 rings (SSSR count). The summed E-state index contributed by atoms with van der Waals surface area (Å²) in [6.45, 7) is 4.19. The van der Waals surface area contributed by atoms with Crippen LogP contribution in [0.3, 0.4) is 0 Å². The predicted octanol–water partition coefficient (Wildman–Crippen LogP) is 5.84. The van der Waals surface area contributed by atoms with Crippen LogP contribution in [0.1, 0.15) is 34.0 Å². The Morgan fingerprint density at radius 2 is 1.89 bits per heavy atom. The maximum absolute atomic E-state index is 13.0. The van der Waals surface area contributed by atoms with Gasteiger partial charge in [-0.25, -0.2) is 4.79 Å². The first-order chi connectivity index (χ1) is 17.2. The summed E-state index contributed by atoms with van der Waals surface area (Å²) >= 11 is 9.98. The van der Waals surface area contributed by atoms with E-state index in [1.807, 2.05) is 49.4 Å². The Morgan fingerprint density at radius 1 is 1.11 bits per heavy atom. The van der Waals surface area contributed by atoms with Gasteiger partial charge >= 0.3 is 6.03 Å². The number of carbonyl (C=O) groups excluding carboxylic acids is 3. The molecule has 0 spiro atoms. The lowest BCUT2D eigenvalue weighted by Crippen LogP contribution is -2.34. The number of ketones is 1. The van der Waals surface area contributed by atoms with Gasteiger partial charge in [-0.1, -0.05) is 51.8 Å². The fraction of sp³-hybridized carbons (Fsp3) is 0.222. The van der Waals surface area contributed by atoms with E-state index in [1.165, 1.54) is 0 Å². The van der Waals surface area contributed by atoms with Gasteiger partial charge in [-0.2, -0.15) is 0 Å². The fourth-order valence-electron chi connectivity index (χ4n) is 3.92. The zero-order valence-corrected chi connectivity index (χ0v) is 22.2. The summed E-state index contributed by atoms with van der Waals surface area (Å²) in [5.41, 5.74) is 4.34. The number of benzene rings is 3. The predicted molar refractivity (Wildman–Crippen MR) is 143 cm³/mol. The summed E-state index contributed by atoms with van der Waals surface area (Å²) in [6.07, 6.45) is 0. The average molecular weight is 571 g/mol. The number of amides is 3. The summed E-state index contributed by atoms with van der Waals surface area (Å²) in [7, 11) is 0. The van der Waals surface area contributed by atoms with Crippen molar-refractivity contribution in [1.82, 2.24) is 10.2 Å². The second-order valence-electron chi connectivity index (χ2n) is 8.48. The highest BCUT2D eigenvalue weighted by Gasteiger charge is 2.34. The van der Waals surface area contributed by atoms with Crippen molar-refractivity contribution in [1.29, 1.82) is 0 Å². The molecule has 1 aliphatic heterocycles. The van der Waals surface area contributed by atoms with E-state index in [0.717, 1.165) is 31.9 Å². The molecule has 1 fully saturated rings. The number of aryl methyl sites for hydroxylation is 1. The summed E-state index contributed by atoms with van der Waals surface area (Å²) in [5.74, 6) is -0.378. The molecule has 0 bridgehead atoms. The molecule has 186 valence electrons. The number of hydrogen-bond acceptors (Lipinski definition) is 5. The lowest BCUT2D eigenvalue weighted by Gasteiger charge is -2.16. The number of hydrogen-bond donors (Lipinski definition) is 2. The monoisotopic (exact) mass is 569 g/mol. The van der Waals surface area contributed by atoms with Crippen LogP contribution in [0.25, 0.3) is 0 Å². The molecule has 9 heteroatoms. The molecule has 0 saturated carbocycles. The number of ether oxygens (including phenoxy) is 1. The van der Waals surface area contributed by atoms with Gasteiger partial charge in [0.05, 0.1) is 24.8 Å². The maximum Gasteiger partial charge on any atom is 0.324 e. The van der Waals surface area contributed by atoms with Crippen LogP contribution in [0.2, 0.25) is 5.02 Å². The van der Waals surface area contributed by atoms with Gasteiger partial charge in [-0.15, -0.1) is 0 Å². The summed E-state index contributed by atoms with van der Waals surface area (Å²) in [6, 6.07) is 17.5. The summed E-state index contributed by atoms with van der Waals surface area (Å²) < 4.78 is 6.66. The molecule has 1 atom stereocenters. The Hall–Kier alpha value is -3.20. The standard InChI is InChI=1S/C27H25BrClN3O4/c1-16-5-3-4-6-21(16)25(33)22-9-8-20(14-23(22)29)31-24-10-7-19(28)13-18(24)15-36-12-11-32-26(34)17(2)30-27(32)35/h3-10,13-14,17,31H,11-12,15H2,1-2H3,(H,30,35). The van der Waals surface area contributed by atoms with Crippen molar-refractivity contribution < 1.29 is 19.1 Å². The zero-order valence-electron chi connectivity index (χ0n) is 19.8. The minimum Gasteiger partial charge on any atom is -0.375 e. The van der Waals surface area contributed by atoms with Gasteiger partial charge in [-0.3, -0.25) is 14.5 Å². The molecule has 3 aromatic carbocycles. The third kappa shape index (κ3) is 5.78. The van der Waals surface area contributed by atoms with Crippen LogP contribution in [0.5, 0.6) is 0 Å². The number of urea groups is 1. The van der Waals surface area contributed by atoms with E-state index in [4.69, 9.17) is 16.3 Å². The lowest BCUT2D eigenvalue weighted by molar-refractivity contribution is -0.127. The molecule has 1 aliphatic rings. The molecule has 1 saturated heterocycles. The molecule has 2 N–H and O–H groups in total. The first-order valence-electron chi connectivity index (χ1n) is 11.4. The fourth-order valence-corrected chi connectivity index (χ4v) is 4.59. The van der Waals surface area contributed by atoms with E-state index in [0.29, 0.717) is 16.1 Å². The number of imide groups is 1. The maximum atomic E-state index is 13.0. The largest absolute Gasteiger partial charge is 0.375 e. The highest BCUT2D eigenvalue weighted by molar-refractivity contribution is 9.10. The second-order valence-corrected chi connectivity index (χ2v) is 9.80. The summed E-state index contributed by atoms with van der Waals surface area (Å²) in [4.78, 5) is 38.0. The molecular weight excluding hydrogens is 546 g/mol. The third-order valence-electron chi connectivity index (χ3n) is 5.89. The van der Waals surface area contributed by atoms with Crippen molar-refractivity contribution in [2.24, 2.45) is 0 Å². The molecule has 0 radical (unpaired) electrons. The van der Waals surface area contributed by atoms with Gasteiger partial charge in [-0.05, 0) is 55.8 Å². The minimum absolute atomic E-state index is 0.123. The van der Waals surface area contributed by atoms with Crippen molar-refractivity contribution in [2.75, 3.05) is 18.5 Å². The topological polar surface area (TPSA) is 87.7 Å². The molecule has 1 unspecified atom stereocenters. The van der Waals surface area contributed by atoms with Crippen molar-refractivity contribution in [3.8, 4) is 0 Å². The molecule has 1 heterocycles. The molecule has 3 amide bonds. The minimum atomic E-state index is -0.511. The van der Waals surface area contributed by atoms with Gasteiger partial charge in [0.25, 0.3) is 5.91 Å². The van der Waals surface area contributed by atoms with E-state index in [9.17, 15) is 14.4 Å². The Balaban J connectivity index is 1.43. The molecule has 36 heavy (non-hydrogen) atoms. The van der Waals surface area contributed by atoms with Crippen molar-refractivity contribution >= 4 is 56.6 Å². The number of nitrogens with zero attached hydrogens (tertiary/aromatic N) is 1. The Labute approximate surface area is 222 Å².